The Kier molecular flexibility index (Phi) is 1.99. The summed E-state index contributed by atoms with van der Waals surface area (Å²) in [7, 11) is 0. The summed E-state index contributed by atoms with van der Waals surface area (Å²) in [6.07, 6.45) is 5.41. The van der Waals surface area contributed by atoms with Gasteiger partial charge in [-0.25, -0.2) is 9.97 Å². The van der Waals surface area contributed by atoms with E-state index < -0.39 is 0 Å². The van der Waals surface area contributed by atoms with Crippen molar-refractivity contribution in [2.45, 2.75) is 19.8 Å². The molecule has 2 heterocycles. The van der Waals surface area contributed by atoms with E-state index in [1.54, 1.807) is 6.20 Å². The van der Waals surface area contributed by atoms with Crippen molar-refractivity contribution in [3.63, 3.8) is 0 Å². The maximum Gasteiger partial charge on any atom is 0.153 e. The number of fused-ring (bicyclic) bond motifs is 1. The number of rotatable bonds is 2. The lowest BCUT2D eigenvalue weighted by Gasteiger charge is -1.99. The highest BCUT2D eigenvalue weighted by Gasteiger charge is 2.10. The Morgan fingerprint density at radius 2 is 2.14 bits per heavy atom. The number of imidazole rings is 1. The molecule has 14 heavy (non-hydrogen) atoms. The Bertz CT molecular complexity index is 459. The van der Waals surface area contributed by atoms with Gasteiger partial charge < -0.3 is 11.5 Å². The second-order valence-corrected chi connectivity index (χ2v) is 3.19. The van der Waals surface area contributed by atoms with Crippen LogP contribution < -0.4 is 11.5 Å². The first-order chi connectivity index (χ1) is 6.74. The minimum atomic E-state index is 0.430. The second-order valence-electron chi connectivity index (χ2n) is 3.19. The van der Waals surface area contributed by atoms with E-state index in [1.165, 1.54) is 0 Å². The first kappa shape index (κ1) is 8.80. The zero-order chi connectivity index (χ0) is 10.1. The van der Waals surface area contributed by atoms with Crippen LogP contribution in [0.5, 0.6) is 0 Å². The minimum Gasteiger partial charge on any atom is -0.382 e. The Morgan fingerprint density at radius 3 is 2.86 bits per heavy atom. The zero-order valence-corrected chi connectivity index (χ0v) is 8.07. The fourth-order valence-corrected chi connectivity index (χ4v) is 1.55. The van der Waals surface area contributed by atoms with Crippen molar-refractivity contribution in [1.29, 1.82) is 0 Å². The first-order valence-corrected chi connectivity index (χ1v) is 4.61. The fourth-order valence-electron chi connectivity index (χ4n) is 1.55. The Balaban J connectivity index is 2.71. The van der Waals surface area contributed by atoms with Crippen LogP contribution in [0.2, 0.25) is 0 Å². The van der Waals surface area contributed by atoms with Crippen LogP contribution in [0.15, 0.2) is 12.4 Å². The summed E-state index contributed by atoms with van der Waals surface area (Å²) in [5, 5.41) is 0. The molecule has 0 spiro atoms. The van der Waals surface area contributed by atoms with Gasteiger partial charge in [-0.3, -0.25) is 4.40 Å². The van der Waals surface area contributed by atoms with E-state index in [4.69, 9.17) is 11.5 Å². The van der Waals surface area contributed by atoms with Crippen molar-refractivity contribution in [1.82, 2.24) is 14.4 Å². The molecule has 2 rings (SSSR count). The number of aryl methyl sites for hydroxylation is 1. The van der Waals surface area contributed by atoms with Gasteiger partial charge in [-0.1, -0.05) is 6.92 Å². The van der Waals surface area contributed by atoms with Gasteiger partial charge in [0.05, 0.1) is 0 Å². The molecule has 2 aromatic heterocycles. The number of anilines is 2. The largest absolute Gasteiger partial charge is 0.382 e. The third-order valence-electron chi connectivity index (χ3n) is 2.16. The average molecular weight is 191 g/mol. The summed E-state index contributed by atoms with van der Waals surface area (Å²) in [5.41, 5.74) is 12.2. The van der Waals surface area contributed by atoms with E-state index >= 15 is 0 Å². The van der Waals surface area contributed by atoms with Crippen LogP contribution >= 0.6 is 0 Å². The normalized spacial score (nSPS) is 10.9. The molecule has 0 aromatic carbocycles. The van der Waals surface area contributed by atoms with Crippen molar-refractivity contribution >= 4 is 17.2 Å². The Hall–Kier alpha value is -1.78. The third kappa shape index (κ3) is 1.17. The standard InChI is InChI=1S/C9H13N5/c1-2-3-6-13-9(11)7-8(10)12-4-5-14(6)7/h4-5H,2-3,11H2,1H3,(H2,10,12). The summed E-state index contributed by atoms with van der Waals surface area (Å²) in [5.74, 6) is 1.83. The quantitative estimate of drug-likeness (QED) is 0.737. The highest BCUT2D eigenvalue weighted by Crippen LogP contribution is 2.19. The molecule has 2 aromatic rings. The van der Waals surface area contributed by atoms with Crippen molar-refractivity contribution in [3.05, 3.63) is 18.2 Å². The topological polar surface area (TPSA) is 82.2 Å². The summed E-state index contributed by atoms with van der Waals surface area (Å²) >= 11 is 0. The molecule has 0 amide bonds. The molecule has 5 nitrogen and oxygen atoms in total. The third-order valence-corrected chi connectivity index (χ3v) is 2.16. The van der Waals surface area contributed by atoms with Crippen LogP contribution in [0.3, 0.4) is 0 Å². The molecule has 0 aliphatic carbocycles. The van der Waals surface area contributed by atoms with Crippen molar-refractivity contribution < 1.29 is 0 Å². The molecule has 0 saturated carbocycles. The second kappa shape index (κ2) is 3.17. The monoisotopic (exact) mass is 191 g/mol. The molecule has 0 atom stereocenters. The van der Waals surface area contributed by atoms with E-state index in [-0.39, 0.29) is 0 Å². The molecule has 4 N–H and O–H groups in total. The summed E-state index contributed by atoms with van der Waals surface area (Å²) in [4.78, 5) is 8.24. The van der Waals surface area contributed by atoms with Gasteiger partial charge in [0.1, 0.15) is 11.3 Å². The van der Waals surface area contributed by atoms with Crippen LogP contribution in [0.1, 0.15) is 19.2 Å². The van der Waals surface area contributed by atoms with Crippen LogP contribution in [-0.2, 0) is 6.42 Å². The average Bonchev–Trinajstić information content (AvgIpc) is 2.46. The molecule has 5 heteroatoms. The molecule has 0 unspecified atom stereocenters. The smallest absolute Gasteiger partial charge is 0.153 e. The molecule has 0 saturated heterocycles. The summed E-state index contributed by atoms with van der Waals surface area (Å²) < 4.78 is 1.90. The lowest BCUT2D eigenvalue weighted by Crippen LogP contribution is -1.98. The lowest BCUT2D eigenvalue weighted by molar-refractivity contribution is 0.829. The lowest BCUT2D eigenvalue weighted by atomic mass is 10.3. The van der Waals surface area contributed by atoms with Gasteiger partial charge in [0.15, 0.2) is 11.6 Å². The maximum atomic E-state index is 5.76. The highest BCUT2D eigenvalue weighted by molar-refractivity contribution is 5.78. The van der Waals surface area contributed by atoms with Crippen LogP contribution in [0.4, 0.5) is 11.6 Å². The van der Waals surface area contributed by atoms with Crippen molar-refractivity contribution in [3.8, 4) is 0 Å². The Morgan fingerprint density at radius 1 is 1.36 bits per heavy atom. The predicted octanol–water partition coefficient (Wildman–Crippen LogP) is 0.846. The van der Waals surface area contributed by atoms with Gasteiger partial charge in [-0.2, -0.15) is 0 Å². The summed E-state index contributed by atoms with van der Waals surface area (Å²) in [6, 6.07) is 0. The number of nitrogen functional groups attached to an aromatic ring is 2. The van der Waals surface area contributed by atoms with E-state index in [1.807, 2.05) is 10.6 Å². The molecular weight excluding hydrogens is 178 g/mol. The number of nitrogens with two attached hydrogens (primary N) is 2. The van der Waals surface area contributed by atoms with Crippen LogP contribution in [0, 0.1) is 0 Å². The van der Waals surface area contributed by atoms with Crippen LogP contribution in [0.25, 0.3) is 5.52 Å². The van der Waals surface area contributed by atoms with E-state index in [0.717, 1.165) is 24.2 Å². The predicted molar refractivity (Wildman–Crippen MR) is 55.8 cm³/mol. The highest BCUT2D eigenvalue weighted by atomic mass is 15.1. The zero-order valence-electron chi connectivity index (χ0n) is 8.07. The molecular formula is C9H13N5. The summed E-state index contributed by atoms with van der Waals surface area (Å²) in [6.45, 7) is 2.10. The molecule has 0 fully saturated rings. The van der Waals surface area contributed by atoms with Crippen LogP contribution in [-0.4, -0.2) is 14.4 Å². The Labute approximate surface area is 81.8 Å². The van der Waals surface area contributed by atoms with E-state index in [2.05, 4.69) is 16.9 Å². The molecule has 0 aliphatic heterocycles. The number of aromatic nitrogens is 3. The number of hydrogen-bond donors (Lipinski definition) is 2. The van der Waals surface area contributed by atoms with Crippen molar-refractivity contribution in [2.24, 2.45) is 0 Å². The van der Waals surface area contributed by atoms with Crippen molar-refractivity contribution in [2.75, 3.05) is 11.5 Å². The van der Waals surface area contributed by atoms with Gasteiger partial charge in [0, 0.05) is 18.8 Å². The van der Waals surface area contributed by atoms with Gasteiger partial charge in [-0.15, -0.1) is 0 Å². The number of nitrogens with zero attached hydrogens (tertiary/aromatic N) is 3. The molecule has 0 aliphatic rings. The SMILES string of the molecule is CCCc1nc(N)c2c(N)nccn12. The van der Waals surface area contributed by atoms with E-state index in [0.29, 0.717) is 11.6 Å². The molecule has 0 radical (unpaired) electrons. The molecule has 0 bridgehead atoms. The van der Waals surface area contributed by atoms with Gasteiger partial charge in [0.2, 0.25) is 0 Å². The van der Waals surface area contributed by atoms with E-state index in [9.17, 15) is 0 Å². The maximum absolute atomic E-state index is 5.76. The van der Waals surface area contributed by atoms with Gasteiger partial charge in [0.25, 0.3) is 0 Å². The first-order valence-electron chi connectivity index (χ1n) is 4.61. The number of hydrogen-bond acceptors (Lipinski definition) is 4. The fraction of sp³-hybridized carbons (Fsp3) is 0.333. The van der Waals surface area contributed by atoms with Gasteiger partial charge >= 0.3 is 0 Å². The van der Waals surface area contributed by atoms with Gasteiger partial charge in [-0.05, 0) is 6.42 Å². The minimum absolute atomic E-state index is 0.430. The molecule has 74 valence electrons.